The van der Waals surface area contributed by atoms with E-state index in [0.717, 1.165) is 42.5 Å². The zero-order valence-electron chi connectivity index (χ0n) is 8.42. The van der Waals surface area contributed by atoms with Crippen LogP contribution in [0.1, 0.15) is 24.0 Å². The molecule has 0 heterocycles. The summed E-state index contributed by atoms with van der Waals surface area (Å²) in [5.74, 6) is 0.387. The van der Waals surface area contributed by atoms with E-state index in [2.05, 4.69) is 5.32 Å². The van der Waals surface area contributed by atoms with Gasteiger partial charge in [0.15, 0.2) is 5.11 Å². The molecule has 0 spiro atoms. The fourth-order valence-electron chi connectivity index (χ4n) is 2.10. The summed E-state index contributed by atoms with van der Waals surface area (Å²) in [6, 6.07) is 3.53. The number of phenolic OH excluding ortho intramolecular Hbond substituents is 1. The molecule has 0 saturated heterocycles. The van der Waals surface area contributed by atoms with Gasteiger partial charge in [-0.25, -0.2) is 0 Å². The van der Waals surface area contributed by atoms with Crippen LogP contribution in [0.3, 0.4) is 0 Å². The third-order valence-corrected chi connectivity index (χ3v) is 2.87. The van der Waals surface area contributed by atoms with Gasteiger partial charge in [0.1, 0.15) is 5.75 Å². The van der Waals surface area contributed by atoms with Crippen LogP contribution in [0.4, 0.5) is 5.69 Å². The lowest BCUT2D eigenvalue weighted by Gasteiger charge is -2.20. The number of thiocarbonyl (C=S) groups is 1. The number of nitrogens with two attached hydrogens (primary N) is 1. The highest BCUT2D eigenvalue weighted by atomic mass is 32.1. The smallest absolute Gasteiger partial charge is 0.168 e. The summed E-state index contributed by atoms with van der Waals surface area (Å²) in [7, 11) is 0. The summed E-state index contributed by atoms with van der Waals surface area (Å²) in [4.78, 5) is 0. The molecule has 0 aliphatic heterocycles. The van der Waals surface area contributed by atoms with Crippen molar-refractivity contribution in [3.63, 3.8) is 0 Å². The van der Waals surface area contributed by atoms with E-state index in [4.69, 9.17) is 18.0 Å². The molecule has 3 nitrogen and oxygen atoms in total. The Morgan fingerprint density at radius 1 is 1.27 bits per heavy atom. The van der Waals surface area contributed by atoms with Crippen LogP contribution < -0.4 is 11.1 Å². The standard InChI is InChI=1S/C11H14N2OS/c12-11(15)13-9-5-6-10(14)8-4-2-1-3-7(8)9/h5-6,14H,1-4H2,(H3,12,13,15). The molecule has 2 rings (SSSR count). The highest BCUT2D eigenvalue weighted by Crippen LogP contribution is 2.33. The minimum absolute atomic E-state index is 0.272. The molecule has 0 saturated carbocycles. The van der Waals surface area contributed by atoms with E-state index in [1.165, 1.54) is 0 Å². The van der Waals surface area contributed by atoms with Crippen molar-refractivity contribution in [2.45, 2.75) is 25.7 Å². The van der Waals surface area contributed by atoms with Crippen molar-refractivity contribution in [1.82, 2.24) is 0 Å². The molecule has 80 valence electrons. The second-order valence-electron chi connectivity index (χ2n) is 3.79. The quantitative estimate of drug-likeness (QED) is 0.502. The number of phenols is 1. The molecule has 0 amide bonds. The monoisotopic (exact) mass is 222 g/mol. The second-order valence-corrected chi connectivity index (χ2v) is 4.23. The minimum atomic E-state index is 0.272. The number of hydrogen-bond acceptors (Lipinski definition) is 2. The van der Waals surface area contributed by atoms with E-state index in [1.54, 1.807) is 6.07 Å². The Morgan fingerprint density at radius 3 is 2.60 bits per heavy atom. The predicted octanol–water partition coefficient (Wildman–Crippen LogP) is 1.93. The third kappa shape index (κ3) is 2.04. The Kier molecular flexibility index (Phi) is 2.77. The van der Waals surface area contributed by atoms with Crippen LogP contribution >= 0.6 is 12.2 Å². The first kappa shape index (κ1) is 10.2. The molecule has 1 aliphatic carbocycles. The topological polar surface area (TPSA) is 58.3 Å². The van der Waals surface area contributed by atoms with Crippen molar-refractivity contribution in [2.75, 3.05) is 5.32 Å². The fourth-order valence-corrected chi connectivity index (χ4v) is 2.21. The maximum Gasteiger partial charge on any atom is 0.168 e. The lowest BCUT2D eigenvalue weighted by Crippen LogP contribution is -2.20. The van der Waals surface area contributed by atoms with E-state index >= 15 is 0 Å². The van der Waals surface area contributed by atoms with Crippen LogP contribution in [0, 0.1) is 0 Å². The molecule has 4 N–H and O–H groups in total. The Labute approximate surface area is 94.3 Å². The highest BCUT2D eigenvalue weighted by molar-refractivity contribution is 7.80. The highest BCUT2D eigenvalue weighted by Gasteiger charge is 2.16. The molecular weight excluding hydrogens is 208 g/mol. The number of nitrogens with one attached hydrogen (secondary N) is 1. The molecular formula is C11H14N2OS. The summed E-state index contributed by atoms with van der Waals surface area (Å²) in [5, 5.41) is 13.0. The lowest BCUT2D eigenvalue weighted by molar-refractivity contribution is 0.462. The van der Waals surface area contributed by atoms with E-state index in [9.17, 15) is 5.11 Å². The molecule has 1 aromatic carbocycles. The van der Waals surface area contributed by atoms with E-state index < -0.39 is 0 Å². The molecule has 0 fully saturated rings. The number of aromatic hydroxyl groups is 1. The number of benzene rings is 1. The van der Waals surface area contributed by atoms with Crippen molar-refractivity contribution in [3.8, 4) is 5.75 Å². The van der Waals surface area contributed by atoms with Crippen molar-refractivity contribution < 1.29 is 5.11 Å². The van der Waals surface area contributed by atoms with Crippen molar-refractivity contribution in [3.05, 3.63) is 23.3 Å². The molecule has 0 unspecified atom stereocenters. The SMILES string of the molecule is NC(=S)Nc1ccc(O)c2c1CCCC2. The molecule has 0 bridgehead atoms. The normalized spacial score (nSPS) is 14.4. The van der Waals surface area contributed by atoms with Gasteiger partial charge in [-0.1, -0.05) is 0 Å². The Hall–Kier alpha value is -1.29. The van der Waals surface area contributed by atoms with Crippen LogP contribution in [-0.4, -0.2) is 10.2 Å². The average molecular weight is 222 g/mol. The summed E-state index contributed by atoms with van der Waals surface area (Å²) in [6.45, 7) is 0. The van der Waals surface area contributed by atoms with Gasteiger partial charge in [0, 0.05) is 5.69 Å². The van der Waals surface area contributed by atoms with Gasteiger partial charge in [-0.05, 0) is 61.2 Å². The van der Waals surface area contributed by atoms with Crippen LogP contribution in [-0.2, 0) is 12.8 Å². The van der Waals surface area contributed by atoms with Gasteiger partial charge < -0.3 is 16.2 Å². The largest absolute Gasteiger partial charge is 0.508 e. The Morgan fingerprint density at radius 2 is 1.93 bits per heavy atom. The molecule has 1 aromatic rings. The molecule has 0 aromatic heterocycles. The molecule has 0 atom stereocenters. The number of anilines is 1. The molecule has 1 aliphatic rings. The van der Waals surface area contributed by atoms with Crippen LogP contribution in [0.2, 0.25) is 0 Å². The molecule has 4 heteroatoms. The third-order valence-electron chi connectivity index (χ3n) is 2.77. The van der Waals surface area contributed by atoms with Gasteiger partial charge in [-0.2, -0.15) is 0 Å². The first-order valence-electron chi connectivity index (χ1n) is 5.08. The summed E-state index contributed by atoms with van der Waals surface area (Å²) in [5.41, 5.74) is 8.60. The Bertz CT molecular complexity index is 404. The lowest BCUT2D eigenvalue weighted by atomic mass is 9.89. The van der Waals surface area contributed by atoms with E-state index in [1.807, 2.05) is 6.07 Å². The predicted molar refractivity (Wildman–Crippen MR) is 65.2 cm³/mol. The zero-order valence-corrected chi connectivity index (χ0v) is 9.23. The second kappa shape index (κ2) is 4.06. The van der Waals surface area contributed by atoms with E-state index in [0.29, 0.717) is 5.75 Å². The van der Waals surface area contributed by atoms with Crippen molar-refractivity contribution in [1.29, 1.82) is 0 Å². The minimum Gasteiger partial charge on any atom is -0.508 e. The van der Waals surface area contributed by atoms with Crippen LogP contribution in [0.15, 0.2) is 12.1 Å². The maximum atomic E-state index is 9.72. The van der Waals surface area contributed by atoms with Crippen LogP contribution in [0.5, 0.6) is 5.75 Å². The summed E-state index contributed by atoms with van der Waals surface area (Å²) >= 11 is 4.82. The first-order chi connectivity index (χ1) is 7.18. The van der Waals surface area contributed by atoms with Gasteiger partial charge >= 0.3 is 0 Å². The van der Waals surface area contributed by atoms with E-state index in [-0.39, 0.29) is 5.11 Å². The summed E-state index contributed by atoms with van der Waals surface area (Å²) in [6.07, 6.45) is 4.21. The first-order valence-corrected chi connectivity index (χ1v) is 5.49. The molecule has 0 radical (unpaired) electrons. The van der Waals surface area contributed by atoms with Gasteiger partial charge in [0.05, 0.1) is 0 Å². The van der Waals surface area contributed by atoms with Gasteiger partial charge in [0.25, 0.3) is 0 Å². The zero-order chi connectivity index (χ0) is 10.8. The Balaban J connectivity index is 2.43. The van der Waals surface area contributed by atoms with Gasteiger partial charge in [-0.15, -0.1) is 0 Å². The number of hydrogen-bond donors (Lipinski definition) is 3. The van der Waals surface area contributed by atoms with Gasteiger partial charge in [-0.3, -0.25) is 0 Å². The summed E-state index contributed by atoms with van der Waals surface area (Å²) < 4.78 is 0. The number of rotatable bonds is 1. The fraction of sp³-hybridized carbons (Fsp3) is 0.364. The maximum absolute atomic E-state index is 9.72. The van der Waals surface area contributed by atoms with Crippen molar-refractivity contribution in [2.24, 2.45) is 5.73 Å². The number of fused-ring (bicyclic) bond motifs is 1. The molecule has 15 heavy (non-hydrogen) atoms. The van der Waals surface area contributed by atoms with Crippen LogP contribution in [0.25, 0.3) is 0 Å². The van der Waals surface area contributed by atoms with Gasteiger partial charge in [0.2, 0.25) is 0 Å². The average Bonchev–Trinajstić information content (AvgIpc) is 2.22. The van der Waals surface area contributed by atoms with Crippen molar-refractivity contribution >= 4 is 23.0 Å².